The van der Waals surface area contributed by atoms with E-state index in [2.05, 4.69) is 6.92 Å². The summed E-state index contributed by atoms with van der Waals surface area (Å²) >= 11 is 0. The van der Waals surface area contributed by atoms with Crippen LogP contribution in [-0.4, -0.2) is 0 Å². The summed E-state index contributed by atoms with van der Waals surface area (Å²) < 4.78 is 25.3. The minimum absolute atomic E-state index is 0.738. The molecule has 0 nitrogen and oxygen atoms in total. The molecule has 0 amide bonds. The number of benzene rings is 1. The highest BCUT2D eigenvalue weighted by molar-refractivity contribution is 5.17. The maximum Gasteiger partial charge on any atom is 0.159 e. The molecule has 1 aromatic carbocycles. The van der Waals surface area contributed by atoms with Crippen LogP contribution >= 0.6 is 0 Å². The van der Waals surface area contributed by atoms with Crippen LogP contribution in [0.5, 0.6) is 0 Å². The normalized spacial score (nSPS) is 10.5. The largest absolute Gasteiger partial charge is 0.204 e. The van der Waals surface area contributed by atoms with E-state index in [-0.39, 0.29) is 0 Å². The Morgan fingerprint density at radius 3 is 2.43 bits per heavy atom. The fraction of sp³-hybridized carbons (Fsp3) is 0.500. The second-order valence-electron chi connectivity index (χ2n) is 3.56. The summed E-state index contributed by atoms with van der Waals surface area (Å²) in [5.41, 5.74) is 0.889. The van der Waals surface area contributed by atoms with Crippen LogP contribution in [0.25, 0.3) is 0 Å². The van der Waals surface area contributed by atoms with Crippen molar-refractivity contribution in [3.8, 4) is 0 Å². The molecular weight excluding hydrogens is 182 g/mol. The maximum absolute atomic E-state index is 12.8. The second kappa shape index (κ2) is 5.74. The van der Waals surface area contributed by atoms with Crippen molar-refractivity contribution in [2.24, 2.45) is 0 Å². The van der Waals surface area contributed by atoms with E-state index in [0.717, 1.165) is 24.8 Å². The lowest BCUT2D eigenvalue weighted by atomic mass is 10.1. The van der Waals surface area contributed by atoms with Gasteiger partial charge in [-0.2, -0.15) is 0 Å². The Kier molecular flexibility index (Phi) is 4.57. The highest BCUT2D eigenvalue weighted by Crippen LogP contribution is 2.12. The second-order valence-corrected chi connectivity index (χ2v) is 3.56. The summed E-state index contributed by atoms with van der Waals surface area (Å²) in [7, 11) is 0. The summed E-state index contributed by atoms with van der Waals surface area (Å²) in [6.07, 6.45) is 5.47. The van der Waals surface area contributed by atoms with E-state index in [9.17, 15) is 8.78 Å². The molecule has 0 heterocycles. The van der Waals surface area contributed by atoms with E-state index in [1.165, 1.54) is 25.0 Å². The van der Waals surface area contributed by atoms with Gasteiger partial charge in [0.2, 0.25) is 0 Å². The van der Waals surface area contributed by atoms with E-state index in [1.54, 1.807) is 6.07 Å². The van der Waals surface area contributed by atoms with Gasteiger partial charge in [0.15, 0.2) is 11.6 Å². The van der Waals surface area contributed by atoms with Gasteiger partial charge in [-0.1, -0.05) is 32.3 Å². The first-order chi connectivity index (χ1) is 6.74. The predicted octanol–water partition coefficient (Wildman–Crippen LogP) is 4.09. The fourth-order valence-electron chi connectivity index (χ4n) is 1.45. The molecule has 0 aliphatic heterocycles. The topological polar surface area (TPSA) is 0 Å². The smallest absolute Gasteiger partial charge is 0.159 e. The fourth-order valence-corrected chi connectivity index (χ4v) is 1.45. The van der Waals surface area contributed by atoms with Gasteiger partial charge in [-0.3, -0.25) is 0 Å². The van der Waals surface area contributed by atoms with Crippen LogP contribution < -0.4 is 0 Å². The molecule has 0 aliphatic carbocycles. The van der Waals surface area contributed by atoms with Gasteiger partial charge in [-0.05, 0) is 30.5 Å². The first kappa shape index (κ1) is 11.2. The third kappa shape index (κ3) is 3.44. The Labute approximate surface area is 84.0 Å². The Balaban J connectivity index is 2.39. The van der Waals surface area contributed by atoms with Gasteiger partial charge in [-0.15, -0.1) is 0 Å². The third-order valence-corrected chi connectivity index (χ3v) is 2.30. The Morgan fingerprint density at radius 1 is 1.00 bits per heavy atom. The Morgan fingerprint density at radius 2 is 1.79 bits per heavy atom. The number of aryl methyl sites for hydroxylation is 1. The van der Waals surface area contributed by atoms with Crippen molar-refractivity contribution in [3.05, 3.63) is 35.4 Å². The number of hydrogen-bond acceptors (Lipinski definition) is 0. The monoisotopic (exact) mass is 198 g/mol. The minimum Gasteiger partial charge on any atom is -0.204 e. The van der Waals surface area contributed by atoms with Gasteiger partial charge in [0.25, 0.3) is 0 Å². The molecule has 2 heteroatoms. The van der Waals surface area contributed by atoms with Crippen molar-refractivity contribution in [1.82, 2.24) is 0 Å². The summed E-state index contributed by atoms with van der Waals surface area (Å²) in [5, 5.41) is 0. The van der Waals surface area contributed by atoms with E-state index >= 15 is 0 Å². The Hall–Kier alpha value is -0.920. The first-order valence-electron chi connectivity index (χ1n) is 5.18. The van der Waals surface area contributed by atoms with Crippen LogP contribution in [0.4, 0.5) is 8.78 Å². The van der Waals surface area contributed by atoms with Crippen molar-refractivity contribution < 1.29 is 8.78 Å². The average Bonchev–Trinajstić information content (AvgIpc) is 2.18. The molecule has 0 saturated heterocycles. The molecule has 0 aromatic heterocycles. The molecule has 0 bridgehead atoms. The van der Waals surface area contributed by atoms with Crippen LogP contribution in [0.15, 0.2) is 18.2 Å². The van der Waals surface area contributed by atoms with Crippen LogP contribution in [0.3, 0.4) is 0 Å². The molecule has 0 radical (unpaired) electrons. The number of hydrogen-bond donors (Lipinski definition) is 0. The van der Waals surface area contributed by atoms with Gasteiger partial charge >= 0.3 is 0 Å². The molecule has 0 saturated carbocycles. The van der Waals surface area contributed by atoms with Crippen LogP contribution in [-0.2, 0) is 6.42 Å². The summed E-state index contributed by atoms with van der Waals surface area (Å²) in [6.45, 7) is 2.15. The summed E-state index contributed by atoms with van der Waals surface area (Å²) in [5.74, 6) is -1.50. The molecule has 0 unspecified atom stereocenters. The van der Waals surface area contributed by atoms with Crippen LogP contribution in [0.1, 0.15) is 38.2 Å². The molecule has 0 N–H and O–H groups in total. The van der Waals surface area contributed by atoms with E-state index in [0.29, 0.717) is 0 Å². The van der Waals surface area contributed by atoms with Crippen molar-refractivity contribution in [2.75, 3.05) is 0 Å². The van der Waals surface area contributed by atoms with Crippen molar-refractivity contribution in [1.29, 1.82) is 0 Å². The number of rotatable bonds is 5. The number of halogens is 2. The van der Waals surface area contributed by atoms with Crippen molar-refractivity contribution >= 4 is 0 Å². The zero-order valence-corrected chi connectivity index (χ0v) is 8.52. The SMILES string of the molecule is CCCCCCc1ccc(F)c(F)c1. The van der Waals surface area contributed by atoms with Crippen molar-refractivity contribution in [2.45, 2.75) is 39.0 Å². The average molecular weight is 198 g/mol. The number of unbranched alkanes of at least 4 members (excludes halogenated alkanes) is 3. The first-order valence-corrected chi connectivity index (χ1v) is 5.18. The highest BCUT2D eigenvalue weighted by Gasteiger charge is 2.01. The van der Waals surface area contributed by atoms with Gasteiger partial charge < -0.3 is 0 Å². The standard InChI is InChI=1S/C12H16F2/c1-2-3-4-5-6-10-7-8-11(13)12(14)9-10/h7-9H,2-6H2,1H3. The van der Waals surface area contributed by atoms with Gasteiger partial charge in [-0.25, -0.2) is 8.78 Å². The molecule has 0 spiro atoms. The lowest BCUT2D eigenvalue weighted by Gasteiger charge is -2.01. The molecule has 1 aromatic rings. The van der Waals surface area contributed by atoms with Crippen LogP contribution in [0.2, 0.25) is 0 Å². The molecule has 0 fully saturated rings. The molecule has 1 rings (SSSR count). The maximum atomic E-state index is 12.8. The van der Waals surface area contributed by atoms with E-state index < -0.39 is 11.6 Å². The lowest BCUT2D eigenvalue weighted by Crippen LogP contribution is -1.90. The van der Waals surface area contributed by atoms with Gasteiger partial charge in [0, 0.05) is 0 Å². The minimum atomic E-state index is -0.762. The molecule has 0 aliphatic rings. The van der Waals surface area contributed by atoms with Crippen LogP contribution in [0, 0.1) is 11.6 Å². The highest BCUT2D eigenvalue weighted by atomic mass is 19.2. The van der Waals surface area contributed by atoms with Gasteiger partial charge in [0.05, 0.1) is 0 Å². The molecular formula is C12H16F2. The summed E-state index contributed by atoms with van der Waals surface area (Å²) in [6, 6.07) is 4.15. The quantitative estimate of drug-likeness (QED) is 0.625. The molecule has 0 atom stereocenters. The Bertz CT molecular complexity index is 282. The third-order valence-electron chi connectivity index (χ3n) is 2.30. The van der Waals surface area contributed by atoms with E-state index in [4.69, 9.17) is 0 Å². The van der Waals surface area contributed by atoms with Gasteiger partial charge in [0.1, 0.15) is 0 Å². The van der Waals surface area contributed by atoms with Crippen molar-refractivity contribution in [3.63, 3.8) is 0 Å². The predicted molar refractivity (Wildman–Crippen MR) is 54.2 cm³/mol. The zero-order valence-electron chi connectivity index (χ0n) is 8.52. The molecule has 78 valence electrons. The zero-order chi connectivity index (χ0) is 10.4. The lowest BCUT2D eigenvalue weighted by molar-refractivity contribution is 0.506. The van der Waals surface area contributed by atoms with E-state index in [1.807, 2.05) is 0 Å². The summed E-state index contributed by atoms with van der Waals surface area (Å²) in [4.78, 5) is 0. The molecule has 14 heavy (non-hydrogen) atoms.